The molecule has 1 fully saturated rings. The third-order valence-corrected chi connectivity index (χ3v) is 7.60. The van der Waals surface area contributed by atoms with Gasteiger partial charge in [-0.25, -0.2) is 4.98 Å². The molecule has 1 aliphatic rings. The molecular weight excluding hydrogens is 402 g/mol. The highest BCUT2D eigenvalue weighted by Crippen LogP contribution is 2.24. The first-order valence-electron chi connectivity index (χ1n) is 12.1. The van der Waals surface area contributed by atoms with Crippen LogP contribution >= 0.6 is 11.3 Å². The third-order valence-electron chi connectivity index (χ3n) is 6.52. The lowest BCUT2D eigenvalue weighted by Gasteiger charge is -2.25. The lowest BCUT2D eigenvalue weighted by molar-refractivity contribution is -0.122. The van der Waals surface area contributed by atoms with Crippen LogP contribution < -0.4 is 5.32 Å². The Hall–Kier alpha value is -1.72. The molecule has 0 spiro atoms. The van der Waals surface area contributed by atoms with Gasteiger partial charge in [0.25, 0.3) is 0 Å². The van der Waals surface area contributed by atoms with E-state index in [-0.39, 0.29) is 11.9 Å². The normalized spacial score (nSPS) is 17.3. The van der Waals surface area contributed by atoms with Crippen molar-refractivity contribution in [1.29, 1.82) is 0 Å². The number of carbonyl (C=O) groups is 1. The van der Waals surface area contributed by atoms with Crippen molar-refractivity contribution < 1.29 is 4.79 Å². The molecule has 1 aromatic carbocycles. The monoisotopic (exact) mass is 441 g/mol. The molecule has 1 aliphatic heterocycles. The molecule has 2 unspecified atom stereocenters. The van der Waals surface area contributed by atoms with Crippen molar-refractivity contribution in [3.05, 3.63) is 40.9 Å². The molecule has 31 heavy (non-hydrogen) atoms. The first-order chi connectivity index (χ1) is 15.1. The number of piperidine rings is 1. The van der Waals surface area contributed by atoms with Gasteiger partial charge in [0.05, 0.1) is 15.2 Å². The number of rotatable bonds is 11. The summed E-state index contributed by atoms with van der Waals surface area (Å²) < 4.78 is 1.23. The van der Waals surface area contributed by atoms with Crippen LogP contribution in [0.1, 0.15) is 69.9 Å². The van der Waals surface area contributed by atoms with Gasteiger partial charge < -0.3 is 5.32 Å². The second-order valence-electron chi connectivity index (χ2n) is 8.89. The fourth-order valence-electron chi connectivity index (χ4n) is 4.17. The second-order valence-corrected chi connectivity index (χ2v) is 10.0. The van der Waals surface area contributed by atoms with Crippen LogP contribution in [0.15, 0.2) is 30.4 Å². The van der Waals surface area contributed by atoms with Crippen molar-refractivity contribution in [3.8, 4) is 0 Å². The molecule has 5 heteroatoms. The van der Waals surface area contributed by atoms with Crippen LogP contribution in [0.3, 0.4) is 0 Å². The summed E-state index contributed by atoms with van der Waals surface area (Å²) in [6.07, 6.45) is 12.8. The highest BCUT2D eigenvalue weighted by atomic mass is 32.1. The molecule has 2 aromatic rings. The van der Waals surface area contributed by atoms with Gasteiger partial charge in [-0.2, -0.15) is 0 Å². The lowest BCUT2D eigenvalue weighted by Crippen LogP contribution is -2.39. The van der Waals surface area contributed by atoms with Crippen LogP contribution in [0, 0.1) is 5.92 Å². The zero-order valence-corrected chi connectivity index (χ0v) is 20.3. The predicted molar refractivity (Wildman–Crippen MR) is 133 cm³/mol. The quantitative estimate of drug-likeness (QED) is 0.451. The first kappa shape index (κ1) is 23.9. The van der Waals surface area contributed by atoms with Gasteiger partial charge in [-0.05, 0) is 62.4 Å². The fourth-order valence-corrected chi connectivity index (χ4v) is 5.20. The first-order valence-corrected chi connectivity index (χ1v) is 13.0. The number of fused-ring (bicyclic) bond motifs is 1. The Morgan fingerprint density at radius 1 is 1.23 bits per heavy atom. The number of nitrogens with zero attached hydrogens (tertiary/aromatic N) is 2. The number of hydrogen-bond acceptors (Lipinski definition) is 4. The molecule has 1 N–H and O–H groups in total. The molecule has 0 saturated carbocycles. The summed E-state index contributed by atoms with van der Waals surface area (Å²) in [4.78, 5) is 19.9. The van der Waals surface area contributed by atoms with E-state index < -0.39 is 0 Å². The third kappa shape index (κ3) is 7.43. The molecule has 4 nitrogen and oxygen atoms in total. The van der Waals surface area contributed by atoms with E-state index in [1.54, 1.807) is 11.3 Å². The summed E-state index contributed by atoms with van der Waals surface area (Å²) in [6, 6.07) is 6.68. The summed E-state index contributed by atoms with van der Waals surface area (Å²) in [6.45, 7) is 10.1. The van der Waals surface area contributed by atoms with Crippen molar-refractivity contribution in [1.82, 2.24) is 15.2 Å². The zero-order valence-electron chi connectivity index (χ0n) is 19.5. The molecule has 1 saturated heterocycles. The van der Waals surface area contributed by atoms with Crippen LogP contribution in [0.4, 0.5) is 0 Å². The number of aryl methyl sites for hydroxylation is 2. The zero-order chi connectivity index (χ0) is 22.1. The Balaban J connectivity index is 1.48. The molecule has 0 radical (unpaired) electrons. The number of nitrogens with one attached hydrogen (secondary N) is 1. The minimum Gasteiger partial charge on any atom is -0.353 e. The number of amides is 1. The van der Waals surface area contributed by atoms with Gasteiger partial charge in [-0.3, -0.25) is 9.69 Å². The van der Waals surface area contributed by atoms with Crippen molar-refractivity contribution >= 4 is 27.5 Å². The number of thiazole rings is 1. The molecule has 170 valence electrons. The van der Waals surface area contributed by atoms with E-state index in [0.717, 1.165) is 36.3 Å². The number of aromatic nitrogens is 1. The molecular formula is C26H39N3OS. The van der Waals surface area contributed by atoms with E-state index in [1.165, 1.54) is 42.6 Å². The Morgan fingerprint density at radius 3 is 2.77 bits per heavy atom. The average molecular weight is 442 g/mol. The fraction of sp³-hybridized carbons (Fsp3) is 0.615. The van der Waals surface area contributed by atoms with E-state index in [2.05, 4.69) is 61.3 Å². The molecule has 3 rings (SSSR count). The SMILES string of the molecule is CCc1ccc2nc(CCC(=O)NC(C/C=C/CN3CCCCC3)C(C)CC)sc2c1. The highest BCUT2D eigenvalue weighted by molar-refractivity contribution is 7.18. The second kappa shape index (κ2) is 12.4. The summed E-state index contributed by atoms with van der Waals surface area (Å²) in [7, 11) is 0. The van der Waals surface area contributed by atoms with E-state index in [1.807, 2.05) is 0 Å². The Morgan fingerprint density at radius 2 is 2.03 bits per heavy atom. The smallest absolute Gasteiger partial charge is 0.220 e. The Labute approximate surface area is 192 Å². The number of likely N-dealkylation sites (tertiary alicyclic amines) is 1. The number of benzene rings is 1. The van der Waals surface area contributed by atoms with E-state index >= 15 is 0 Å². The van der Waals surface area contributed by atoms with Crippen LogP contribution in [0.2, 0.25) is 0 Å². The van der Waals surface area contributed by atoms with Crippen molar-refractivity contribution in [2.75, 3.05) is 19.6 Å². The lowest BCUT2D eigenvalue weighted by atomic mass is 9.96. The van der Waals surface area contributed by atoms with E-state index in [4.69, 9.17) is 4.98 Å². The maximum Gasteiger partial charge on any atom is 0.220 e. The largest absolute Gasteiger partial charge is 0.353 e. The van der Waals surface area contributed by atoms with Crippen LogP contribution in [0.5, 0.6) is 0 Å². The minimum atomic E-state index is 0.142. The Kier molecular flexibility index (Phi) is 9.54. The molecule has 0 bridgehead atoms. The van der Waals surface area contributed by atoms with Crippen LogP contribution in [-0.2, 0) is 17.6 Å². The maximum atomic E-state index is 12.7. The minimum absolute atomic E-state index is 0.142. The van der Waals surface area contributed by atoms with Gasteiger partial charge >= 0.3 is 0 Å². The topological polar surface area (TPSA) is 45.2 Å². The standard InChI is InChI=1S/C26H39N3OS/c1-4-20(3)22(11-7-10-18-29-16-8-6-9-17-29)27-25(30)14-15-26-28-23-13-12-21(5-2)19-24(23)31-26/h7,10,12-13,19-20,22H,4-6,8-9,11,14-18H2,1-3H3,(H,27,30)/b10-7+. The summed E-state index contributed by atoms with van der Waals surface area (Å²) in [5.74, 6) is 0.613. The van der Waals surface area contributed by atoms with Gasteiger partial charge in [0, 0.05) is 25.4 Å². The van der Waals surface area contributed by atoms with Crippen molar-refractivity contribution in [2.24, 2.45) is 5.92 Å². The average Bonchev–Trinajstić information content (AvgIpc) is 3.22. The molecule has 0 aliphatic carbocycles. The van der Waals surface area contributed by atoms with E-state index in [9.17, 15) is 4.79 Å². The van der Waals surface area contributed by atoms with Crippen molar-refractivity contribution in [3.63, 3.8) is 0 Å². The predicted octanol–water partition coefficient (Wildman–Crippen LogP) is 5.75. The number of hydrogen-bond donors (Lipinski definition) is 1. The van der Waals surface area contributed by atoms with Crippen LogP contribution in [-0.4, -0.2) is 41.5 Å². The summed E-state index contributed by atoms with van der Waals surface area (Å²) in [5.41, 5.74) is 2.39. The molecule has 1 amide bonds. The van der Waals surface area contributed by atoms with Gasteiger partial charge in [-0.1, -0.05) is 51.8 Å². The maximum absolute atomic E-state index is 12.7. The molecule has 2 heterocycles. The molecule has 2 atom stereocenters. The Bertz CT molecular complexity index is 853. The van der Waals surface area contributed by atoms with Gasteiger partial charge in [0.2, 0.25) is 5.91 Å². The van der Waals surface area contributed by atoms with Crippen LogP contribution in [0.25, 0.3) is 10.2 Å². The number of carbonyl (C=O) groups excluding carboxylic acids is 1. The highest BCUT2D eigenvalue weighted by Gasteiger charge is 2.17. The van der Waals surface area contributed by atoms with Gasteiger partial charge in [0.1, 0.15) is 0 Å². The van der Waals surface area contributed by atoms with E-state index in [0.29, 0.717) is 18.8 Å². The molecule has 1 aromatic heterocycles. The summed E-state index contributed by atoms with van der Waals surface area (Å²) in [5, 5.41) is 4.36. The van der Waals surface area contributed by atoms with Gasteiger partial charge in [-0.15, -0.1) is 11.3 Å². The summed E-state index contributed by atoms with van der Waals surface area (Å²) >= 11 is 1.72. The van der Waals surface area contributed by atoms with Crippen molar-refractivity contribution in [2.45, 2.75) is 78.2 Å². The van der Waals surface area contributed by atoms with Gasteiger partial charge in [0.15, 0.2) is 0 Å².